The van der Waals surface area contributed by atoms with Gasteiger partial charge < -0.3 is 24.1 Å². The topological polar surface area (TPSA) is 57.2 Å². The van der Waals surface area contributed by atoms with Crippen LogP contribution in [-0.2, 0) is 18.9 Å². The molecule has 1 aliphatic heterocycles. The van der Waals surface area contributed by atoms with E-state index in [1.54, 1.807) is 14.2 Å². The van der Waals surface area contributed by atoms with Gasteiger partial charge in [0.2, 0.25) is 0 Å². The highest BCUT2D eigenvalue weighted by Gasteiger charge is 2.48. The van der Waals surface area contributed by atoms with Crippen LogP contribution in [0, 0.1) is 23.7 Å². The first-order valence-corrected chi connectivity index (χ1v) is 8.67. The Labute approximate surface area is 139 Å². The van der Waals surface area contributed by atoms with Crippen LogP contribution in [0.3, 0.4) is 0 Å². The molecule has 6 atom stereocenters. The maximum absolute atomic E-state index is 10.3. The van der Waals surface area contributed by atoms with Crippen molar-refractivity contribution in [2.45, 2.75) is 70.1 Å². The lowest BCUT2D eigenvalue weighted by Crippen LogP contribution is -2.20. The molecule has 0 aromatic heterocycles. The Bertz CT molecular complexity index is 402. The summed E-state index contributed by atoms with van der Waals surface area (Å²) in [4.78, 5) is 0. The second kappa shape index (κ2) is 9.61. The zero-order chi connectivity index (χ0) is 16.7. The van der Waals surface area contributed by atoms with Gasteiger partial charge in [-0.1, -0.05) is 31.6 Å². The average Bonchev–Trinajstić information content (AvgIpc) is 3.06. The van der Waals surface area contributed by atoms with Crippen LogP contribution >= 0.6 is 0 Å². The predicted octanol–water partition coefficient (Wildman–Crippen LogP) is 2.32. The van der Waals surface area contributed by atoms with Crippen LogP contribution in [0.1, 0.15) is 45.4 Å². The van der Waals surface area contributed by atoms with E-state index < -0.39 is 6.10 Å². The number of aliphatic hydroxyl groups excluding tert-OH is 1. The quantitative estimate of drug-likeness (QED) is 0.421. The number of unbranched alkanes of at least 4 members (excludes halogenated alkanes) is 2. The van der Waals surface area contributed by atoms with Crippen molar-refractivity contribution in [3.8, 4) is 11.8 Å². The van der Waals surface area contributed by atoms with Gasteiger partial charge in [-0.3, -0.25) is 0 Å². The maximum Gasteiger partial charge on any atom is 0.157 e. The lowest BCUT2D eigenvalue weighted by Gasteiger charge is -2.16. The number of fused-ring (bicyclic) bond motifs is 1. The number of aliphatic hydroxyl groups is 1. The molecule has 1 heterocycles. The van der Waals surface area contributed by atoms with Crippen molar-refractivity contribution in [3.63, 3.8) is 0 Å². The lowest BCUT2D eigenvalue weighted by atomic mass is 9.92. The molecule has 1 aliphatic carbocycles. The molecular formula is C18H30O5. The van der Waals surface area contributed by atoms with Crippen LogP contribution in [-0.4, -0.2) is 50.7 Å². The third kappa shape index (κ3) is 5.17. The third-order valence-electron chi connectivity index (χ3n) is 4.75. The van der Waals surface area contributed by atoms with Gasteiger partial charge in [0.15, 0.2) is 6.29 Å². The molecule has 0 spiro atoms. The zero-order valence-corrected chi connectivity index (χ0v) is 14.5. The number of rotatable bonds is 8. The van der Waals surface area contributed by atoms with Gasteiger partial charge in [0, 0.05) is 33.0 Å². The molecule has 0 radical (unpaired) electrons. The van der Waals surface area contributed by atoms with Crippen LogP contribution in [0.4, 0.5) is 0 Å². The van der Waals surface area contributed by atoms with E-state index in [2.05, 4.69) is 18.8 Å². The fourth-order valence-electron chi connectivity index (χ4n) is 3.47. The predicted molar refractivity (Wildman–Crippen MR) is 86.6 cm³/mol. The highest BCUT2D eigenvalue weighted by atomic mass is 16.7. The van der Waals surface area contributed by atoms with Gasteiger partial charge in [-0.25, -0.2) is 0 Å². The summed E-state index contributed by atoms with van der Waals surface area (Å²) >= 11 is 0. The van der Waals surface area contributed by atoms with Gasteiger partial charge in [0.25, 0.3) is 0 Å². The molecule has 2 fully saturated rings. The van der Waals surface area contributed by atoms with E-state index in [-0.39, 0.29) is 37.1 Å². The molecule has 5 nitrogen and oxygen atoms in total. The molecule has 1 unspecified atom stereocenters. The van der Waals surface area contributed by atoms with Crippen molar-refractivity contribution in [2.75, 3.05) is 21.0 Å². The first kappa shape index (κ1) is 18.7. The molecule has 2 rings (SSSR count). The van der Waals surface area contributed by atoms with E-state index in [1.807, 2.05) is 0 Å². The summed E-state index contributed by atoms with van der Waals surface area (Å²) in [5.74, 6) is 6.69. The zero-order valence-electron chi connectivity index (χ0n) is 14.5. The second-order valence-corrected chi connectivity index (χ2v) is 6.41. The Morgan fingerprint density at radius 2 is 2.09 bits per heavy atom. The van der Waals surface area contributed by atoms with Crippen molar-refractivity contribution >= 4 is 0 Å². The van der Waals surface area contributed by atoms with Crippen LogP contribution in [0.2, 0.25) is 0 Å². The molecule has 1 N–H and O–H groups in total. The molecule has 132 valence electrons. The fourth-order valence-corrected chi connectivity index (χ4v) is 3.47. The summed E-state index contributed by atoms with van der Waals surface area (Å²) in [6, 6.07) is 0. The molecule has 5 heteroatoms. The summed E-state index contributed by atoms with van der Waals surface area (Å²) in [6.45, 7) is 2.43. The number of hydrogen-bond donors (Lipinski definition) is 1. The van der Waals surface area contributed by atoms with E-state index in [0.29, 0.717) is 6.42 Å². The summed E-state index contributed by atoms with van der Waals surface area (Å²) < 4.78 is 21.7. The van der Waals surface area contributed by atoms with Crippen LogP contribution < -0.4 is 0 Å². The lowest BCUT2D eigenvalue weighted by molar-refractivity contribution is -0.118. The number of methoxy groups -OCH3 is 2. The molecule has 0 aromatic carbocycles. The Kier molecular flexibility index (Phi) is 7.81. The van der Waals surface area contributed by atoms with Gasteiger partial charge in [-0.2, -0.15) is 0 Å². The van der Waals surface area contributed by atoms with Crippen LogP contribution in [0.15, 0.2) is 0 Å². The molecule has 0 aromatic rings. The van der Waals surface area contributed by atoms with Crippen molar-refractivity contribution in [2.24, 2.45) is 11.8 Å². The molecule has 0 bridgehead atoms. The molecule has 23 heavy (non-hydrogen) atoms. The highest BCUT2D eigenvalue weighted by molar-refractivity contribution is 5.16. The summed E-state index contributed by atoms with van der Waals surface area (Å²) in [7, 11) is 3.27. The Morgan fingerprint density at radius 3 is 2.78 bits per heavy atom. The first-order chi connectivity index (χ1) is 11.2. The average molecular weight is 326 g/mol. The van der Waals surface area contributed by atoms with Gasteiger partial charge in [0.1, 0.15) is 12.9 Å². The van der Waals surface area contributed by atoms with E-state index >= 15 is 0 Å². The largest absolute Gasteiger partial charge is 0.392 e. The fraction of sp³-hybridized carbons (Fsp3) is 0.889. The summed E-state index contributed by atoms with van der Waals surface area (Å²) in [6.07, 6.45) is 5.13. The Balaban J connectivity index is 1.95. The van der Waals surface area contributed by atoms with E-state index in [1.165, 1.54) is 12.8 Å². The SMILES string of the molecule is CCCCCC(C#C[C@H]1[C@@H]2C[C@@H](OC)O[C@@H]2C[C@@H]1O)OCOC. The molecule has 1 saturated carbocycles. The third-order valence-corrected chi connectivity index (χ3v) is 4.75. The highest BCUT2D eigenvalue weighted by Crippen LogP contribution is 2.43. The smallest absolute Gasteiger partial charge is 0.157 e. The van der Waals surface area contributed by atoms with Gasteiger partial charge in [0.05, 0.1) is 18.1 Å². The Hall–Kier alpha value is -0.640. The maximum atomic E-state index is 10.3. The van der Waals surface area contributed by atoms with Crippen molar-refractivity contribution in [1.29, 1.82) is 0 Å². The number of ether oxygens (including phenoxy) is 4. The molecule has 1 saturated heterocycles. The van der Waals surface area contributed by atoms with Crippen LogP contribution in [0.5, 0.6) is 0 Å². The molecule has 2 aliphatic rings. The summed E-state index contributed by atoms with van der Waals surface area (Å²) in [5, 5.41) is 10.3. The van der Waals surface area contributed by atoms with E-state index in [4.69, 9.17) is 18.9 Å². The minimum Gasteiger partial charge on any atom is -0.392 e. The monoisotopic (exact) mass is 326 g/mol. The van der Waals surface area contributed by atoms with Gasteiger partial charge in [-0.05, 0) is 12.8 Å². The minimum atomic E-state index is -0.422. The van der Waals surface area contributed by atoms with Crippen molar-refractivity contribution < 1.29 is 24.1 Å². The van der Waals surface area contributed by atoms with Gasteiger partial charge in [-0.15, -0.1) is 0 Å². The van der Waals surface area contributed by atoms with Gasteiger partial charge >= 0.3 is 0 Å². The molecule has 0 amide bonds. The van der Waals surface area contributed by atoms with Crippen LogP contribution in [0.25, 0.3) is 0 Å². The van der Waals surface area contributed by atoms with E-state index in [9.17, 15) is 5.11 Å². The number of hydrogen-bond acceptors (Lipinski definition) is 5. The van der Waals surface area contributed by atoms with Crippen molar-refractivity contribution in [1.82, 2.24) is 0 Å². The normalized spacial score (nSPS) is 34.0. The Morgan fingerprint density at radius 1 is 1.26 bits per heavy atom. The summed E-state index contributed by atoms with van der Waals surface area (Å²) in [5.41, 5.74) is 0. The second-order valence-electron chi connectivity index (χ2n) is 6.41. The minimum absolute atomic E-state index is 0.0556. The standard InChI is InChI=1S/C18H30O5/c1-4-5-6-7-13(22-12-20-2)8-9-14-15-10-18(21-3)23-17(15)11-16(14)19/h13-19H,4-7,10-12H2,1-3H3/t13?,14-,15-,16-,17+,18-/m0/s1. The molecular weight excluding hydrogens is 296 g/mol. The first-order valence-electron chi connectivity index (χ1n) is 8.67. The van der Waals surface area contributed by atoms with E-state index in [0.717, 1.165) is 19.3 Å². The van der Waals surface area contributed by atoms with Crippen molar-refractivity contribution in [3.05, 3.63) is 0 Å².